The minimum absolute atomic E-state index is 0.210. The molecule has 2 fully saturated rings. The maximum atomic E-state index is 10.0. The summed E-state index contributed by atoms with van der Waals surface area (Å²) < 4.78 is 0. The molecule has 106 valence electrons. The van der Waals surface area contributed by atoms with Gasteiger partial charge in [-0.1, -0.05) is 0 Å². The Bertz CT molecular complexity index is 243. The van der Waals surface area contributed by atoms with Gasteiger partial charge in [-0.15, -0.1) is 0 Å². The Morgan fingerprint density at radius 1 is 1.28 bits per heavy atom. The Kier molecular flexibility index (Phi) is 5.42. The molecule has 2 N–H and O–H groups in total. The molecule has 0 bridgehead atoms. The van der Waals surface area contributed by atoms with E-state index in [9.17, 15) is 5.11 Å². The van der Waals surface area contributed by atoms with E-state index in [1.807, 2.05) is 0 Å². The van der Waals surface area contributed by atoms with Crippen molar-refractivity contribution in [1.29, 1.82) is 0 Å². The van der Waals surface area contributed by atoms with Gasteiger partial charge in [0.15, 0.2) is 0 Å². The van der Waals surface area contributed by atoms with Crippen molar-refractivity contribution >= 4 is 0 Å². The summed E-state index contributed by atoms with van der Waals surface area (Å²) in [6, 6.07) is 1.25. The summed E-state index contributed by atoms with van der Waals surface area (Å²) >= 11 is 0. The van der Waals surface area contributed by atoms with Crippen LogP contribution < -0.4 is 5.32 Å². The Hall–Kier alpha value is -0.160. The van der Waals surface area contributed by atoms with E-state index in [1.165, 1.54) is 45.3 Å². The minimum atomic E-state index is -0.210. The van der Waals surface area contributed by atoms with Gasteiger partial charge < -0.3 is 20.2 Å². The van der Waals surface area contributed by atoms with Gasteiger partial charge in [-0.2, -0.15) is 0 Å². The third kappa shape index (κ3) is 4.19. The maximum absolute atomic E-state index is 10.0. The quantitative estimate of drug-likeness (QED) is 0.751. The number of piperidine rings is 1. The van der Waals surface area contributed by atoms with Gasteiger partial charge in [0.1, 0.15) is 0 Å². The number of rotatable bonds is 5. The van der Waals surface area contributed by atoms with E-state index in [0.29, 0.717) is 12.1 Å². The van der Waals surface area contributed by atoms with E-state index in [1.54, 1.807) is 0 Å². The van der Waals surface area contributed by atoms with Crippen molar-refractivity contribution < 1.29 is 5.11 Å². The molecule has 0 spiro atoms. The van der Waals surface area contributed by atoms with Crippen LogP contribution in [0.2, 0.25) is 0 Å². The molecule has 2 aliphatic heterocycles. The molecule has 0 aromatic carbocycles. The zero-order chi connectivity index (χ0) is 13.0. The zero-order valence-corrected chi connectivity index (χ0v) is 11.9. The molecule has 2 aliphatic rings. The molecule has 0 radical (unpaired) electrons. The number of aliphatic hydroxyl groups excluding tert-OH is 1. The van der Waals surface area contributed by atoms with E-state index in [0.717, 1.165) is 13.1 Å². The van der Waals surface area contributed by atoms with E-state index < -0.39 is 0 Å². The van der Waals surface area contributed by atoms with Gasteiger partial charge in [-0.25, -0.2) is 0 Å². The van der Waals surface area contributed by atoms with Crippen LogP contribution in [0.5, 0.6) is 0 Å². The number of nitrogens with one attached hydrogen (secondary N) is 1. The first kappa shape index (κ1) is 14.3. The normalized spacial score (nSPS) is 32.8. The van der Waals surface area contributed by atoms with Crippen molar-refractivity contribution in [1.82, 2.24) is 15.1 Å². The van der Waals surface area contributed by atoms with Crippen LogP contribution in [0.15, 0.2) is 0 Å². The summed E-state index contributed by atoms with van der Waals surface area (Å²) in [7, 11) is 2.20. The molecule has 0 amide bonds. The minimum Gasteiger partial charge on any atom is -0.390 e. The van der Waals surface area contributed by atoms with Crippen molar-refractivity contribution in [2.45, 2.75) is 50.8 Å². The number of likely N-dealkylation sites (tertiary alicyclic amines) is 2. The average molecular weight is 255 g/mol. The second kappa shape index (κ2) is 6.85. The first-order chi connectivity index (χ1) is 8.65. The molecule has 2 rings (SSSR count). The third-order valence-electron chi connectivity index (χ3n) is 4.52. The zero-order valence-electron chi connectivity index (χ0n) is 11.9. The Labute approximate surface area is 111 Å². The van der Waals surface area contributed by atoms with Gasteiger partial charge >= 0.3 is 0 Å². The molecule has 4 heteroatoms. The van der Waals surface area contributed by atoms with Crippen LogP contribution in [-0.2, 0) is 0 Å². The van der Waals surface area contributed by atoms with Crippen molar-refractivity contribution in [3.05, 3.63) is 0 Å². The largest absolute Gasteiger partial charge is 0.390 e. The van der Waals surface area contributed by atoms with E-state index in [-0.39, 0.29) is 6.10 Å². The molecule has 18 heavy (non-hydrogen) atoms. The van der Waals surface area contributed by atoms with Crippen LogP contribution in [0.1, 0.15) is 32.6 Å². The fraction of sp³-hybridized carbons (Fsp3) is 1.00. The second-order valence-electron chi connectivity index (χ2n) is 6.12. The molecule has 0 aromatic heterocycles. The standard InChI is InChI=1S/C14H29N3O/c1-12-9-13(5-8-16(12)2)15-10-14(18)11-17-6-3-4-7-17/h12-15,18H,3-11H2,1-2H3. The molecule has 0 aliphatic carbocycles. The fourth-order valence-corrected chi connectivity index (χ4v) is 3.11. The molecule has 3 atom stereocenters. The predicted molar refractivity (Wildman–Crippen MR) is 74.8 cm³/mol. The highest BCUT2D eigenvalue weighted by Gasteiger charge is 2.23. The monoisotopic (exact) mass is 255 g/mol. The second-order valence-corrected chi connectivity index (χ2v) is 6.12. The molecule has 4 nitrogen and oxygen atoms in total. The summed E-state index contributed by atoms with van der Waals surface area (Å²) in [6.45, 7) is 7.38. The highest BCUT2D eigenvalue weighted by atomic mass is 16.3. The molecular weight excluding hydrogens is 226 g/mol. The first-order valence-corrected chi connectivity index (χ1v) is 7.49. The molecule has 2 heterocycles. The molecule has 3 unspecified atom stereocenters. The number of aliphatic hydroxyl groups is 1. The SMILES string of the molecule is CC1CC(NCC(O)CN2CCCC2)CCN1C. The lowest BCUT2D eigenvalue weighted by Gasteiger charge is -2.36. The molecule has 0 aromatic rings. The number of β-amino-alcohol motifs (C(OH)–C–C–N with tert-alkyl or cyclic N) is 1. The van der Waals surface area contributed by atoms with Gasteiger partial charge in [0, 0.05) is 25.2 Å². The molecule has 0 saturated carbocycles. The maximum Gasteiger partial charge on any atom is 0.0791 e. The Morgan fingerprint density at radius 3 is 2.67 bits per heavy atom. The van der Waals surface area contributed by atoms with Gasteiger partial charge in [0.05, 0.1) is 6.10 Å². The lowest BCUT2D eigenvalue weighted by Crippen LogP contribution is -2.48. The van der Waals surface area contributed by atoms with E-state index in [2.05, 4.69) is 29.1 Å². The summed E-state index contributed by atoms with van der Waals surface area (Å²) in [6.07, 6.45) is 4.79. The summed E-state index contributed by atoms with van der Waals surface area (Å²) in [4.78, 5) is 4.79. The highest BCUT2D eigenvalue weighted by Crippen LogP contribution is 2.15. The number of nitrogens with zero attached hydrogens (tertiary/aromatic N) is 2. The molecular formula is C14H29N3O. The third-order valence-corrected chi connectivity index (χ3v) is 4.52. The van der Waals surface area contributed by atoms with Crippen molar-refractivity contribution in [3.63, 3.8) is 0 Å². The van der Waals surface area contributed by atoms with Crippen molar-refractivity contribution in [2.75, 3.05) is 39.8 Å². The smallest absolute Gasteiger partial charge is 0.0791 e. The fourth-order valence-electron chi connectivity index (χ4n) is 3.11. The lowest BCUT2D eigenvalue weighted by atomic mass is 9.99. The summed E-state index contributed by atoms with van der Waals surface area (Å²) in [5.41, 5.74) is 0. The van der Waals surface area contributed by atoms with Gasteiger partial charge in [0.2, 0.25) is 0 Å². The van der Waals surface area contributed by atoms with Crippen molar-refractivity contribution in [2.24, 2.45) is 0 Å². The van der Waals surface area contributed by atoms with E-state index in [4.69, 9.17) is 0 Å². The van der Waals surface area contributed by atoms with E-state index >= 15 is 0 Å². The topological polar surface area (TPSA) is 38.7 Å². The van der Waals surface area contributed by atoms with Crippen LogP contribution >= 0.6 is 0 Å². The van der Waals surface area contributed by atoms with Crippen LogP contribution in [-0.4, -0.2) is 72.9 Å². The predicted octanol–water partition coefficient (Wildman–Crippen LogP) is 0.515. The lowest BCUT2D eigenvalue weighted by molar-refractivity contribution is 0.109. The van der Waals surface area contributed by atoms with Gasteiger partial charge in [-0.05, 0) is 59.3 Å². The highest BCUT2D eigenvalue weighted by molar-refractivity contribution is 4.82. The number of hydrogen-bond donors (Lipinski definition) is 2. The van der Waals surface area contributed by atoms with Crippen LogP contribution in [0.4, 0.5) is 0 Å². The van der Waals surface area contributed by atoms with Crippen LogP contribution in [0, 0.1) is 0 Å². The average Bonchev–Trinajstić information content (AvgIpc) is 2.83. The Balaban J connectivity index is 1.61. The molecule has 2 saturated heterocycles. The van der Waals surface area contributed by atoms with Crippen LogP contribution in [0.3, 0.4) is 0 Å². The van der Waals surface area contributed by atoms with Crippen LogP contribution in [0.25, 0.3) is 0 Å². The number of hydrogen-bond acceptors (Lipinski definition) is 4. The first-order valence-electron chi connectivity index (χ1n) is 7.49. The Morgan fingerprint density at radius 2 is 2.00 bits per heavy atom. The summed E-state index contributed by atoms with van der Waals surface area (Å²) in [5, 5.41) is 13.6. The van der Waals surface area contributed by atoms with Gasteiger partial charge in [0.25, 0.3) is 0 Å². The van der Waals surface area contributed by atoms with Gasteiger partial charge in [-0.3, -0.25) is 0 Å². The summed E-state index contributed by atoms with van der Waals surface area (Å²) in [5.74, 6) is 0. The van der Waals surface area contributed by atoms with Crippen molar-refractivity contribution in [3.8, 4) is 0 Å².